The van der Waals surface area contributed by atoms with Crippen LogP contribution < -0.4 is 15.4 Å². The van der Waals surface area contributed by atoms with Crippen LogP contribution in [0.3, 0.4) is 0 Å². The van der Waals surface area contributed by atoms with Gasteiger partial charge in [-0.1, -0.05) is 12.1 Å². The van der Waals surface area contributed by atoms with E-state index in [-0.39, 0.29) is 29.6 Å². The molecule has 0 aliphatic carbocycles. The Kier molecular flexibility index (Phi) is 4.69. The molecule has 7 nitrogen and oxygen atoms in total. The second kappa shape index (κ2) is 7.21. The first-order valence-corrected chi connectivity index (χ1v) is 8.84. The molecule has 1 aromatic heterocycles. The number of aryl methyl sites for hydroxylation is 1. The van der Waals surface area contributed by atoms with Crippen LogP contribution in [0.15, 0.2) is 48.5 Å². The van der Waals surface area contributed by atoms with Gasteiger partial charge in [-0.05, 0) is 37.3 Å². The average molecular weight is 416 g/mol. The number of alkyl halides is 3. The van der Waals surface area contributed by atoms with Crippen LogP contribution >= 0.6 is 0 Å². The predicted octanol–water partition coefficient (Wildman–Crippen LogP) is 3.78. The molecule has 0 fully saturated rings. The van der Waals surface area contributed by atoms with Gasteiger partial charge in [0.1, 0.15) is 11.6 Å². The van der Waals surface area contributed by atoms with Gasteiger partial charge in [0.2, 0.25) is 0 Å². The predicted molar refractivity (Wildman–Crippen MR) is 102 cm³/mol. The lowest BCUT2D eigenvalue weighted by Crippen LogP contribution is -2.26. The maximum Gasteiger partial charge on any atom is 0.418 e. The maximum atomic E-state index is 13.4. The van der Waals surface area contributed by atoms with E-state index >= 15 is 0 Å². The summed E-state index contributed by atoms with van der Waals surface area (Å²) in [6.45, 7) is 1.49. The highest BCUT2D eigenvalue weighted by Gasteiger charge is 2.34. The van der Waals surface area contributed by atoms with Crippen molar-refractivity contribution >= 4 is 23.3 Å². The topological polar surface area (TPSA) is 85.3 Å². The first-order valence-electron chi connectivity index (χ1n) is 8.84. The summed E-state index contributed by atoms with van der Waals surface area (Å²) in [7, 11) is 0. The molecule has 0 bridgehead atoms. The minimum atomic E-state index is -4.59. The van der Waals surface area contributed by atoms with Crippen molar-refractivity contribution in [3.05, 3.63) is 65.4 Å². The summed E-state index contributed by atoms with van der Waals surface area (Å²) in [6, 6.07) is 10.9. The van der Waals surface area contributed by atoms with E-state index in [0.717, 1.165) is 10.7 Å². The summed E-state index contributed by atoms with van der Waals surface area (Å²) in [6.07, 6.45) is -4.59. The molecule has 2 amide bonds. The Morgan fingerprint density at radius 3 is 2.73 bits per heavy atom. The number of aromatic nitrogens is 2. The van der Waals surface area contributed by atoms with Crippen LogP contribution in [0.5, 0.6) is 5.75 Å². The third-order valence-electron chi connectivity index (χ3n) is 4.39. The Labute approximate surface area is 168 Å². The third-order valence-corrected chi connectivity index (χ3v) is 4.39. The Hall–Kier alpha value is -3.82. The van der Waals surface area contributed by atoms with Gasteiger partial charge in [-0.15, -0.1) is 0 Å². The first-order chi connectivity index (χ1) is 14.2. The van der Waals surface area contributed by atoms with Crippen molar-refractivity contribution in [3.63, 3.8) is 0 Å². The molecular formula is C20H15F3N4O3. The molecule has 2 heterocycles. The van der Waals surface area contributed by atoms with Crippen molar-refractivity contribution in [2.75, 3.05) is 17.2 Å². The lowest BCUT2D eigenvalue weighted by molar-refractivity contribution is -0.137. The number of benzene rings is 2. The summed E-state index contributed by atoms with van der Waals surface area (Å²) in [4.78, 5) is 24.2. The van der Waals surface area contributed by atoms with Gasteiger partial charge in [-0.2, -0.15) is 18.3 Å². The van der Waals surface area contributed by atoms with E-state index in [1.54, 1.807) is 6.92 Å². The molecule has 1 aliphatic heterocycles. The standard InChI is InChI=1S/C20H15F3N4O3/c1-11-8-17(27(26-11)15-5-3-2-4-13(15)20(21,22)23)25-19(29)12-6-7-16-14(9-12)24-18(28)10-30-16/h2-9H,10H2,1H3,(H,24,28)(H,25,29). The van der Waals surface area contributed by atoms with Crippen LogP contribution in [0.4, 0.5) is 24.7 Å². The molecule has 3 aromatic rings. The van der Waals surface area contributed by atoms with Gasteiger partial charge in [0.25, 0.3) is 11.8 Å². The largest absolute Gasteiger partial charge is 0.482 e. The van der Waals surface area contributed by atoms with E-state index in [2.05, 4.69) is 15.7 Å². The quantitative estimate of drug-likeness (QED) is 0.681. The molecule has 4 rings (SSSR count). The second-order valence-electron chi connectivity index (χ2n) is 6.60. The van der Waals surface area contributed by atoms with Crippen molar-refractivity contribution in [1.82, 2.24) is 9.78 Å². The van der Waals surface area contributed by atoms with Gasteiger partial charge in [0.15, 0.2) is 6.61 Å². The fraction of sp³-hybridized carbons (Fsp3) is 0.150. The number of nitrogens with zero attached hydrogens (tertiary/aromatic N) is 2. The molecule has 30 heavy (non-hydrogen) atoms. The number of carbonyl (C=O) groups excluding carboxylic acids is 2. The van der Waals surface area contributed by atoms with E-state index in [1.807, 2.05) is 0 Å². The molecule has 0 saturated carbocycles. The number of hydrogen-bond acceptors (Lipinski definition) is 4. The zero-order valence-corrected chi connectivity index (χ0v) is 15.6. The Bertz CT molecular complexity index is 1150. The molecule has 0 atom stereocenters. The molecule has 154 valence electrons. The highest BCUT2D eigenvalue weighted by molar-refractivity contribution is 6.06. The lowest BCUT2D eigenvalue weighted by Gasteiger charge is -2.18. The molecule has 10 heteroatoms. The summed E-state index contributed by atoms with van der Waals surface area (Å²) in [5, 5.41) is 9.29. The molecule has 2 aromatic carbocycles. The fourth-order valence-corrected chi connectivity index (χ4v) is 3.08. The SMILES string of the molecule is Cc1cc(NC(=O)c2ccc3c(c2)NC(=O)CO3)n(-c2ccccc2C(F)(F)F)n1. The number of ether oxygens (including phenoxy) is 1. The van der Waals surface area contributed by atoms with Gasteiger partial charge in [0.05, 0.1) is 22.6 Å². The molecule has 0 saturated heterocycles. The van der Waals surface area contributed by atoms with E-state index in [4.69, 9.17) is 4.74 Å². The van der Waals surface area contributed by atoms with Crippen LogP contribution in [-0.4, -0.2) is 28.2 Å². The van der Waals surface area contributed by atoms with Gasteiger partial charge < -0.3 is 15.4 Å². The first kappa shape index (κ1) is 19.5. The van der Waals surface area contributed by atoms with Crippen LogP contribution in [0.1, 0.15) is 21.6 Å². The van der Waals surface area contributed by atoms with Crippen LogP contribution in [0.2, 0.25) is 0 Å². The summed E-state index contributed by atoms with van der Waals surface area (Å²) in [5.74, 6) is -0.431. The summed E-state index contributed by atoms with van der Waals surface area (Å²) < 4.78 is 46.5. The van der Waals surface area contributed by atoms with Gasteiger partial charge >= 0.3 is 6.18 Å². The Morgan fingerprint density at radius 2 is 1.97 bits per heavy atom. The minimum Gasteiger partial charge on any atom is -0.482 e. The molecule has 0 unspecified atom stereocenters. The lowest BCUT2D eigenvalue weighted by atomic mass is 10.1. The van der Waals surface area contributed by atoms with Crippen LogP contribution in [0, 0.1) is 6.92 Å². The number of para-hydroxylation sites is 1. The number of rotatable bonds is 3. The van der Waals surface area contributed by atoms with E-state index in [1.165, 1.54) is 42.5 Å². The zero-order chi connectivity index (χ0) is 21.5. The third kappa shape index (κ3) is 3.71. The van der Waals surface area contributed by atoms with Crippen molar-refractivity contribution in [2.24, 2.45) is 0 Å². The van der Waals surface area contributed by atoms with Crippen LogP contribution in [0.25, 0.3) is 5.69 Å². The highest BCUT2D eigenvalue weighted by atomic mass is 19.4. The number of hydrogen-bond donors (Lipinski definition) is 2. The molecular weight excluding hydrogens is 401 g/mol. The smallest absolute Gasteiger partial charge is 0.418 e. The average Bonchev–Trinajstić information content (AvgIpc) is 3.06. The van der Waals surface area contributed by atoms with Crippen molar-refractivity contribution < 1.29 is 27.5 Å². The van der Waals surface area contributed by atoms with Gasteiger partial charge in [0, 0.05) is 11.6 Å². The normalized spacial score (nSPS) is 13.3. The van der Waals surface area contributed by atoms with Gasteiger partial charge in [-0.3, -0.25) is 9.59 Å². The van der Waals surface area contributed by atoms with E-state index < -0.39 is 17.6 Å². The highest BCUT2D eigenvalue weighted by Crippen LogP contribution is 2.35. The zero-order valence-electron chi connectivity index (χ0n) is 15.6. The van der Waals surface area contributed by atoms with Crippen molar-refractivity contribution in [3.8, 4) is 11.4 Å². The molecule has 0 radical (unpaired) electrons. The van der Waals surface area contributed by atoms with Crippen LogP contribution in [-0.2, 0) is 11.0 Å². The summed E-state index contributed by atoms with van der Waals surface area (Å²) in [5.41, 5.74) is -0.134. The minimum absolute atomic E-state index is 0.0761. The number of amides is 2. The number of anilines is 2. The van der Waals surface area contributed by atoms with Crippen molar-refractivity contribution in [2.45, 2.75) is 13.1 Å². The molecule has 2 N–H and O–H groups in total. The van der Waals surface area contributed by atoms with E-state index in [9.17, 15) is 22.8 Å². The maximum absolute atomic E-state index is 13.4. The second-order valence-corrected chi connectivity index (χ2v) is 6.60. The Morgan fingerprint density at radius 1 is 1.20 bits per heavy atom. The fourth-order valence-electron chi connectivity index (χ4n) is 3.08. The number of carbonyl (C=O) groups is 2. The van der Waals surface area contributed by atoms with Gasteiger partial charge in [-0.25, -0.2) is 4.68 Å². The number of nitrogens with one attached hydrogen (secondary N) is 2. The number of halogens is 3. The monoisotopic (exact) mass is 416 g/mol. The van der Waals surface area contributed by atoms with Crippen molar-refractivity contribution in [1.29, 1.82) is 0 Å². The summed E-state index contributed by atoms with van der Waals surface area (Å²) >= 11 is 0. The molecule has 0 spiro atoms. The Balaban J connectivity index is 1.67. The molecule has 1 aliphatic rings. The van der Waals surface area contributed by atoms with E-state index in [0.29, 0.717) is 17.1 Å². The number of fused-ring (bicyclic) bond motifs is 1.